The van der Waals surface area contributed by atoms with E-state index in [0.29, 0.717) is 17.9 Å². The SMILES string of the molecule is O=[N+]([O-])c1ccc(CCCO)c(Cl)c1. The molecule has 0 atom stereocenters. The van der Waals surface area contributed by atoms with E-state index in [1.807, 2.05) is 0 Å². The van der Waals surface area contributed by atoms with Crippen LogP contribution in [-0.2, 0) is 6.42 Å². The summed E-state index contributed by atoms with van der Waals surface area (Å²) in [6.45, 7) is 0.0906. The van der Waals surface area contributed by atoms with E-state index in [1.165, 1.54) is 12.1 Å². The van der Waals surface area contributed by atoms with Crippen LogP contribution in [-0.4, -0.2) is 16.6 Å². The summed E-state index contributed by atoms with van der Waals surface area (Å²) in [4.78, 5) is 9.90. The monoisotopic (exact) mass is 215 g/mol. The number of benzene rings is 1. The number of aryl methyl sites for hydroxylation is 1. The van der Waals surface area contributed by atoms with Crippen LogP contribution in [0.1, 0.15) is 12.0 Å². The van der Waals surface area contributed by atoms with E-state index in [2.05, 4.69) is 0 Å². The van der Waals surface area contributed by atoms with Crippen LogP contribution in [0.25, 0.3) is 0 Å². The number of hydrogen-bond acceptors (Lipinski definition) is 3. The topological polar surface area (TPSA) is 63.4 Å². The van der Waals surface area contributed by atoms with Crippen molar-refractivity contribution in [3.8, 4) is 0 Å². The standard InChI is InChI=1S/C9H10ClNO3/c10-9-6-8(11(13)14)4-3-7(9)2-1-5-12/h3-4,6,12H,1-2,5H2. The van der Waals surface area contributed by atoms with E-state index >= 15 is 0 Å². The summed E-state index contributed by atoms with van der Waals surface area (Å²) in [6, 6.07) is 4.36. The Balaban J connectivity index is 2.84. The van der Waals surface area contributed by atoms with Gasteiger partial charge in [-0.3, -0.25) is 10.1 Å². The van der Waals surface area contributed by atoms with Crippen molar-refractivity contribution < 1.29 is 10.0 Å². The van der Waals surface area contributed by atoms with Gasteiger partial charge in [-0.05, 0) is 18.4 Å². The summed E-state index contributed by atoms with van der Waals surface area (Å²) in [6.07, 6.45) is 1.24. The zero-order chi connectivity index (χ0) is 10.6. The van der Waals surface area contributed by atoms with Crippen molar-refractivity contribution in [3.05, 3.63) is 38.9 Å². The van der Waals surface area contributed by atoms with Gasteiger partial charge in [-0.15, -0.1) is 0 Å². The van der Waals surface area contributed by atoms with E-state index in [4.69, 9.17) is 16.7 Å². The van der Waals surface area contributed by atoms with Gasteiger partial charge in [0.15, 0.2) is 0 Å². The number of aliphatic hydroxyl groups excluding tert-OH is 1. The molecule has 0 amide bonds. The lowest BCUT2D eigenvalue weighted by molar-refractivity contribution is -0.384. The number of non-ortho nitro benzene ring substituents is 1. The Bertz CT molecular complexity index is 341. The summed E-state index contributed by atoms with van der Waals surface area (Å²) >= 11 is 5.82. The third-order valence-electron chi connectivity index (χ3n) is 1.85. The van der Waals surface area contributed by atoms with Crippen LogP contribution >= 0.6 is 11.6 Å². The van der Waals surface area contributed by atoms with Gasteiger partial charge in [0.05, 0.1) is 9.95 Å². The predicted molar refractivity (Wildman–Crippen MR) is 53.5 cm³/mol. The van der Waals surface area contributed by atoms with Crippen LogP contribution in [0.3, 0.4) is 0 Å². The van der Waals surface area contributed by atoms with Crippen molar-refractivity contribution in [1.82, 2.24) is 0 Å². The van der Waals surface area contributed by atoms with E-state index in [0.717, 1.165) is 5.56 Å². The van der Waals surface area contributed by atoms with Crippen LogP contribution in [0.4, 0.5) is 5.69 Å². The van der Waals surface area contributed by atoms with Gasteiger partial charge >= 0.3 is 0 Å². The fourth-order valence-electron chi connectivity index (χ4n) is 1.12. The number of aliphatic hydroxyl groups is 1. The highest BCUT2D eigenvalue weighted by Crippen LogP contribution is 2.23. The van der Waals surface area contributed by atoms with E-state index in [9.17, 15) is 10.1 Å². The highest BCUT2D eigenvalue weighted by molar-refractivity contribution is 6.31. The highest BCUT2D eigenvalue weighted by Gasteiger charge is 2.08. The fourth-order valence-corrected chi connectivity index (χ4v) is 1.39. The molecular formula is C9H10ClNO3. The van der Waals surface area contributed by atoms with Crippen LogP contribution in [0.15, 0.2) is 18.2 Å². The second-order valence-electron chi connectivity index (χ2n) is 2.86. The van der Waals surface area contributed by atoms with Crippen molar-refractivity contribution in [2.24, 2.45) is 0 Å². The van der Waals surface area contributed by atoms with Crippen LogP contribution in [0, 0.1) is 10.1 Å². The van der Waals surface area contributed by atoms with Crippen molar-refractivity contribution >= 4 is 17.3 Å². The molecule has 1 aromatic carbocycles. The van der Waals surface area contributed by atoms with Crippen molar-refractivity contribution in [1.29, 1.82) is 0 Å². The van der Waals surface area contributed by atoms with Gasteiger partial charge < -0.3 is 5.11 Å². The van der Waals surface area contributed by atoms with E-state index < -0.39 is 4.92 Å². The molecule has 1 rings (SSSR count). The molecule has 0 heterocycles. The molecule has 0 unspecified atom stereocenters. The zero-order valence-electron chi connectivity index (χ0n) is 7.44. The number of halogens is 1. The molecule has 76 valence electrons. The second-order valence-corrected chi connectivity index (χ2v) is 3.27. The Labute approximate surface area is 86.3 Å². The summed E-state index contributed by atoms with van der Waals surface area (Å²) in [7, 11) is 0. The minimum atomic E-state index is -0.484. The number of hydrogen-bond donors (Lipinski definition) is 1. The molecule has 0 bridgehead atoms. The molecule has 0 saturated heterocycles. The summed E-state index contributed by atoms with van der Waals surface area (Å²) < 4.78 is 0. The second kappa shape index (κ2) is 4.93. The predicted octanol–water partition coefficient (Wildman–Crippen LogP) is 2.17. The minimum Gasteiger partial charge on any atom is -0.396 e. The van der Waals surface area contributed by atoms with E-state index in [1.54, 1.807) is 6.07 Å². The van der Waals surface area contributed by atoms with Crippen LogP contribution < -0.4 is 0 Å². The maximum Gasteiger partial charge on any atom is 0.270 e. The molecule has 5 heteroatoms. The smallest absolute Gasteiger partial charge is 0.270 e. The molecule has 0 spiro atoms. The Morgan fingerprint density at radius 3 is 2.71 bits per heavy atom. The van der Waals surface area contributed by atoms with E-state index in [-0.39, 0.29) is 12.3 Å². The van der Waals surface area contributed by atoms with Gasteiger partial charge in [0, 0.05) is 18.7 Å². The largest absolute Gasteiger partial charge is 0.396 e. The lowest BCUT2D eigenvalue weighted by Gasteiger charge is -2.02. The first-order chi connectivity index (χ1) is 6.65. The summed E-state index contributed by atoms with van der Waals surface area (Å²) in [5, 5.41) is 19.4. The zero-order valence-corrected chi connectivity index (χ0v) is 8.20. The number of nitro benzene ring substituents is 1. The number of nitrogens with zero attached hydrogens (tertiary/aromatic N) is 1. The van der Waals surface area contributed by atoms with Crippen molar-refractivity contribution in [2.45, 2.75) is 12.8 Å². The minimum absolute atomic E-state index is 0.0113. The maximum absolute atomic E-state index is 10.4. The third kappa shape index (κ3) is 2.68. The van der Waals surface area contributed by atoms with Crippen molar-refractivity contribution in [2.75, 3.05) is 6.61 Å². The normalized spacial score (nSPS) is 10.1. The molecule has 0 aliphatic heterocycles. The molecule has 1 N–H and O–H groups in total. The van der Waals surface area contributed by atoms with Gasteiger partial charge in [0.1, 0.15) is 0 Å². The average Bonchev–Trinajstić information content (AvgIpc) is 2.15. The first-order valence-corrected chi connectivity index (χ1v) is 4.56. The molecule has 0 aromatic heterocycles. The van der Waals surface area contributed by atoms with Gasteiger partial charge in [-0.25, -0.2) is 0 Å². The Morgan fingerprint density at radius 2 is 2.21 bits per heavy atom. The first-order valence-electron chi connectivity index (χ1n) is 4.19. The molecule has 0 saturated carbocycles. The maximum atomic E-state index is 10.4. The highest BCUT2D eigenvalue weighted by atomic mass is 35.5. The number of nitro groups is 1. The van der Waals surface area contributed by atoms with Gasteiger partial charge in [-0.2, -0.15) is 0 Å². The molecule has 4 nitrogen and oxygen atoms in total. The Hall–Kier alpha value is -1.13. The molecule has 0 fully saturated rings. The first kappa shape index (κ1) is 10.9. The molecule has 14 heavy (non-hydrogen) atoms. The van der Waals surface area contributed by atoms with Crippen molar-refractivity contribution in [3.63, 3.8) is 0 Å². The quantitative estimate of drug-likeness (QED) is 0.619. The average molecular weight is 216 g/mol. The molecule has 0 aliphatic carbocycles. The molecular weight excluding hydrogens is 206 g/mol. The molecule has 1 aromatic rings. The fraction of sp³-hybridized carbons (Fsp3) is 0.333. The summed E-state index contributed by atoms with van der Waals surface area (Å²) in [5.74, 6) is 0. The third-order valence-corrected chi connectivity index (χ3v) is 2.20. The lowest BCUT2D eigenvalue weighted by Crippen LogP contribution is -1.93. The Kier molecular flexibility index (Phi) is 3.85. The molecule has 0 radical (unpaired) electrons. The lowest BCUT2D eigenvalue weighted by atomic mass is 10.1. The molecule has 0 aliphatic rings. The Morgan fingerprint density at radius 1 is 1.50 bits per heavy atom. The van der Waals surface area contributed by atoms with Crippen LogP contribution in [0.5, 0.6) is 0 Å². The van der Waals surface area contributed by atoms with Gasteiger partial charge in [0.25, 0.3) is 5.69 Å². The summed E-state index contributed by atoms with van der Waals surface area (Å²) in [5.41, 5.74) is 0.814. The van der Waals surface area contributed by atoms with Crippen LogP contribution in [0.2, 0.25) is 5.02 Å². The van der Waals surface area contributed by atoms with Gasteiger partial charge in [0.2, 0.25) is 0 Å². The number of rotatable bonds is 4. The van der Waals surface area contributed by atoms with Gasteiger partial charge in [-0.1, -0.05) is 17.7 Å².